The van der Waals surface area contributed by atoms with Crippen LogP contribution < -0.4 is 0 Å². The largest absolute Gasteiger partial charge is 0.462 e. The number of carbonyl (C=O) groups excluding carboxylic acids is 3. The molecule has 0 aliphatic rings. The van der Waals surface area contributed by atoms with Gasteiger partial charge >= 0.3 is 17.9 Å². The number of rotatable bonds is 46. The van der Waals surface area contributed by atoms with E-state index in [-0.39, 0.29) is 44.0 Å². The zero-order valence-electron chi connectivity index (χ0n) is 42.4. The van der Waals surface area contributed by atoms with E-state index in [4.69, 9.17) is 14.2 Å². The molecule has 0 saturated carbocycles. The van der Waals surface area contributed by atoms with Gasteiger partial charge in [-0.2, -0.15) is 0 Å². The van der Waals surface area contributed by atoms with E-state index in [0.29, 0.717) is 19.3 Å². The molecule has 0 amide bonds. The molecule has 0 heterocycles. The first kappa shape index (κ1) is 61.8. The second-order valence-electron chi connectivity index (χ2n) is 17.2. The van der Waals surface area contributed by atoms with Crippen LogP contribution in [0.25, 0.3) is 0 Å². The van der Waals surface area contributed by atoms with E-state index >= 15 is 0 Å². The third-order valence-corrected chi connectivity index (χ3v) is 10.8. The van der Waals surface area contributed by atoms with Crippen molar-refractivity contribution in [2.75, 3.05) is 13.2 Å². The van der Waals surface area contributed by atoms with Crippen molar-refractivity contribution in [1.82, 2.24) is 0 Å². The van der Waals surface area contributed by atoms with Gasteiger partial charge < -0.3 is 14.2 Å². The highest BCUT2D eigenvalue weighted by molar-refractivity contribution is 5.71. The first-order valence-electron chi connectivity index (χ1n) is 26.6. The molecule has 0 fully saturated rings. The highest BCUT2D eigenvalue weighted by Gasteiger charge is 2.19. The summed E-state index contributed by atoms with van der Waals surface area (Å²) in [5.41, 5.74) is 0. The Bertz CT molecular complexity index is 1420. The molecule has 0 spiro atoms. The minimum Gasteiger partial charge on any atom is -0.462 e. The van der Waals surface area contributed by atoms with Crippen molar-refractivity contribution < 1.29 is 28.6 Å². The average molecular weight is 913 g/mol. The number of hydrogen-bond donors (Lipinski definition) is 0. The summed E-state index contributed by atoms with van der Waals surface area (Å²) in [5, 5.41) is 0. The highest BCUT2D eigenvalue weighted by atomic mass is 16.6. The molecule has 0 aromatic carbocycles. The monoisotopic (exact) mass is 913 g/mol. The summed E-state index contributed by atoms with van der Waals surface area (Å²) < 4.78 is 16.7. The number of esters is 3. The van der Waals surface area contributed by atoms with E-state index in [1.807, 2.05) is 42.5 Å². The summed E-state index contributed by atoms with van der Waals surface area (Å²) in [7, 11) is 0. The Hall–Kier alpha value is -4.19. The SMILES string of the molecule is CCC/C=C/C=C/C=C/C=C/C=C/CCCCCCCC(=O)OCC(COC(=O)CC/C=C/C/C=C/CCCCCCCC)OC(=O)CCC/C=C/C/C=C/C/C=C/CCCCCCCC. The smallest absolute Gasteiger partial charge is 0.306 e. The van der Waals surface area contributed by atoms with E-state index < -0.39 is 6.10 Å². The van der Waals surface area contributed by atoms with Gasteiger partial charge in [-0.1, -0.05) is 232 Å². The molecule has 0 radical (unpaired) electrons. The van der Waals surface area contributed by atoms with Crippen molar-refractivity contribution in [2.24, 2.45) is 0 Å². The Morgan fingerprint density at radius 1 is 0.318 bits per heavy atom. The fourth-order valence-electron chi connectivity index (χ4n) is 6.78. The van der Waals surface area contributed by atoms with Crippen LogP contribution >= 0.6 is 0 Å². The van der Waals surface area contributed by atoms with E-state index in [1.165, 1.54) is 89.9 Å². The predicted molar refractivity (Wildman–Crippen MR) is 283 cm³/mol. The van der Waals surface area contributed by atoms with Gasteiger partial charge in [0.25, 0.3) is 0 Å². The number of ether oxygens (including phenoxy) is 3. The molecule has 0 rings (SSSR count). The molecule has 6 nitrogen and oxygen atoms in total. The maximum absolute atomic E-state index is 12.8. The molecule has 0 saturated heterocycles. The van der Waals surface area contributed by atoms with Gasteiger partial charge in [0, 0.05) is 19.3 Å². The van der Waals surface area contributed by atoms with Crippen LogP contribution in [-0.4, -0.2) is 37.2 Å². The molecule has 1 unspecified atom stereocenters. The van der Waals surface area contributed by atoms with Crippen molar-refractivity contribution in [1.29, 1.82) is 0 Å². The molecule has 0 aliphatic carbocycles. The molecule has 0 aromatic rings. The first-order valence-corrected chi connectivity index (χ1v) is 26.6. The van der Waals surface area contributed by atoms with Crippen LogP contribution in [0.15, 0.2) is 122 Å². The summed E-state index contributed by atoms with van der Waals surface area (Å²) in [6, 6.07) is 0. The van der Waals surface area contributed by atoms with Gasteiger partial charge in [0.2, 0.25) is 0 Å². The molecule has 372 valence electrons. The molecule has 0 aromatic heterocycles. The number of allylic oxidation sites excluding steroid dienone is 20. The number of hydrogen-bond acceptors (Lipinski definition) is 6. The molecule has 0 aliphatic heterocycles. The number of carbonyl (C=O) groups is 3. The molecule has 1 atom stereocenters. The van der Waals surface area contributed by atoms with Crippen molar-refractivity contribution in [3.05, 3.63) is 122 Å². The summed E-state index contributed by atoms with van der Waals surface area (Å²) in [5.74, 6) is -1.08. The summed E-state index contributed by atoms with van der Waals surface area (Å²) in [6.45, 7) is 6.40. The van der Waals surface area contributed by atoms with Crippen LogP contribution in [-0.2, 0) is 28.6 Å². The quantitative estimate of drug-likeness (QED) is 0.0199. The lowest BCUT2D eigenvalue weighted by atomic mass is 10.1. The first-order chi connectivity index (χ1) is 32.5. The van der Waals surface area contributed by atoms with E-state index in [2.05, 4.69) is 99.8 Å². The van der Waals surface area contributed by atoms with Crippen LogP contribution in [0.4, 0.5) is 0 Å². The third kappa shape index (κ3) is 50.8. The highest BCUT2D eigenvalue weighted by Crippen LogP contribution is 2.12. The summed E-state index contributed by atoms with van der Waals surface area (Å²) in [4.78, 5) is 38.0. The molecule has 0 N–H and O–H groups in total. The second-order valence-corrected chi connectivity index (χ2v) is 17.2. The minimum atomic E-state index is -0.841. The van der Waals surface area contributed by atoms with Crippen molar-refractivity contribution >= 4 is 17.9 Å². The third-order valence-electron chi connectivity index (χ3n) is 10.8. The molecular weight excluding hydrogens is 817 g/mol. The lowest BCUT2D eigenvalue weighted by Gasteiger charge is -2.18. The summed E-state index contributed by atoms with van der Waals surface area (Å²) >= 11 is 0. The lowest BCUT2D eigenvalue weighted by molar-refractivity contribution is -0.166. The van der Waals surface area contributed by atoms with Gasteiger partial charge in [-0.15, -0.1) is 0 Å². The summed E-state index contributed by atoms with van der Waals surface area (Å²) in [6.07, 6.45) is 73.4. The van der Waals surface area contributed by atoms with Crippen molar-refractivity contribution in [3.8, 4) is 0 Å². The maximum atomic E-state index is 12.8. The molecule has 0 bridgehead atoms. The van der Waals surface area contributed by atoms with E-state index in [1.54, 1.807) is 0 Å². The van der Waals surface area contributed by atoms with E-state index in [9.17, 15) is 14.4 Å². The fraction of sp³-hybridized carbons (Fsp3) is 0.617. The van der Waals surface area contributed by atoms with Gasteiger partial charge in [0.05, 0.1) is 0 Å². The molecule has 6 heteroatoms. The number of unbranched alkanes of at least 4 members (excludes halogenated alkanes) is 19. The zero-order valence-corrected chi connectivity index (χ0v) is 42.4. The van der Waals surface area contributed by atoms with Gasteiger partial charge in [0.15, 0.2) is 6.10 Å². The Kier molecular flexibility index (Phi) is 50.0. The van der Waals surface area contributed by atoms with Gasteiger partial charge in [-0.25, -0.2) is 0 Å². The van der Waals surface area contributed by atoms with Gasteiger partial charge in [-0.05, 0) is 89.9 Å². The van der Waals surface area contributed by atoms with Gasteiger partial charge in [-0.3, -0.25) is 14.4 Å². The fourth-order valence-corrected chi connectivity index (χ4v) is 6.78. The Morgan fingerprint density at radius 3 is 1.18 bits per heavy atom. The average Bonchev–Trinajstić information content (AvgIpc) is 3.31. The topological polar surface area (TPSA) is 78.9 Å². The zero-order chi connectivity index (χ0) is 47.9. The van der Waals surface area contributed by atoms with Crippen LogP contribution in [0.2, 0.25) is 0 Å². The van der Waals surface area contributed by atoms with Crippen molar-refractivity contribution in [2.45, 2.75) is 226 Å². The normalized spacial score (nSPS) is 13.1. The Balaban J connectivity index is 4.60. The predicted octanol–water partition coefficient (Wildman–Crippen LogP) is 17.7. The van der Waals surface area contributed by atoms with Crippen LogP contribution in [0.1, 0.15) is 220 Å². The van der Waals surface area contributed by atoms with Gasteiger partial charge in [0.1, 0.15) is 13.2 Å². The maximum Gasteiger partial charge on any atom is 0.306 e. The lowest BCUT2D eigenvalue weighted by Crippen LogP contribution is -2.30. The van der Waals surface area contributed by atoms with Crippen LogP contribution in [0, 0.1) is 0 Å². The standard InChI is InChI=1S/C60H96O6/c1-4-7-10-13-16-19-22-25-27-29-31-32-35-38-41-44-47-50-53-59(62)65-56-57(55-64-58(61)52-49-46-43-40-37-34-24-21-18-15-12-9-6-3)66-60(63)54-51-48-45-42-39-36-33-30-28-26-23-20-17-14-11-8-5-2/h10,13,16,19,22,25-29,31-34,36-37,42-43,45-46,57H,4-9,11-12,14-15,17-18,20-21,23-24,30,35,38-41,44,47-56H2,1-3H3/b13-10+,19-16+,25-22+,28-26+,29-27+,32-31+,36-33+,37-34+,45-42+,46-43+. The Labute approximate surface area is 405 Å². The second kappa shape index (κ2) is 53.4. The molecule has 66 heavy (non-hydrogen) atoms. The van der Waals surface area contributed by atoms with Crippen LogP contribution in [0.3, 0.4) is 0 Å². The van der Waals surface area contributed by atoms with Crippen LogP contribution in [0.5, 0.6) is 0 Å². The minimum absolute atomic E-state index is 0.132. The van der Waals surface area contributed by atoms with E-state index in [0.717, 1.165) is 77.0 Å². The Morgan fingerprint density at radius 2 is 0.682 bits per heavy atom. The van der Waals surface area contributed by atoms with Crippen molar-refractivity contribution in [3.63, 3.8) is 0 Å². The molecular formula is C60H96O6.